The molecule has 2 N–H and O–H groups in total. The molecule has 3 nitrogen and oxygen atoms in total. The van der Waals surface area contributed by atoms with Gasteiger partial charge >= 0.3 is 0 Å². The van der Waals surface area contributed by atoms with E-state index in [9.17, 15) is 0 Å². The van der Waals surface area contributed by atoms with Crippen LogP contribution in [0.5, 0.6) is 0 Å². The van der Waals surface area contributed by atoms with Crippen molar-refractivity contribution in [3.8, 4) is 22.5 Å². The largest absolute Gasteiger partial charge is 0.330 e. The fraction of sp³-hybridized carbons (Fsp3) is 0.250. The Morgan fingerprint density at radius 1 is 0.958 bits per heavy atom. The van der Waals surface area contributed by atoms with Gasteiger partial charge in [0, 0.05) is 23.4 Å². The third-order valence-corrected chi connectivity index (χ3v) is 4.99. The van der Waals surface area contributed by atoms with E-state index in [1.807, 2.05) is 6.07 Å². The molecule has 24 heavy (non-hydrogen) atoms. The van der Waals surface area contributed by atoms with Crippen LogP contribution in [-0.2, 0) is 6.54 Å². The van der Waals surface area contributed by atoms with Gasteiger partial charge in [-0.2, -0.15) is 0 Å². The number of benzene rings is 2. The lowest BCUT2D eigenvalue weighted by Crippen LogP contribution is -2.02. The quantitative estimate of drug-likeness (QED) is 0.503. The first-order chi connectivity index (χ1) is 11.8. The zero-order chi connectivity index (χ0) is 16.8. The van der Waals surface area contributed by atoms with E-state index in [1.54, 1.807) is 11.8 Å². The predicted molar refractivity (Wildman–Crippen MR) is 103 cm³/mol. The van der Waals surface area contributed by atoms with Gasteiger partial charge in [0.1, 0.15) is 0 Å². The first-order valence-corrected chi connectivity index (χ1v) is 9.38. The Labute approximate surface area is 147 Å². The van der Waals surface area contributed by atoms with Crippen LogP contribution in [-0.4, -0.2) is 21.8 Å². The van der Waals surface area contributed by atoms with Crippen LogP contribution in [0.1, 0.15) is 13.3 Å². The lowest BCUT2D eigenvalue weighted by atomic mass is 10.0. The Morgan fingerprint density at radius 2 is 1.58 bits per heavy atom. The molecule has 0 fully saturated rings. The summed E-state index contributed by atoms with van der Waals surface area (Å²) in [6.45, 7) is 3.79. The minimum Gasteiger partial charge on any atom is -0.330 e. The molecule has 1 heterocycles. The van der Waals surface area contributed by atoms with Gasteiger partial charge in [-0.3, -0.25) is 0 Å². The molecule has 1 aromatic heterocycles. The molecule has 3 rings (SSSR count). The van der Waals surface area contributed by atoms with Crippen molar-refractivity contribution in [2.75, 3.05) is 12.3 Å². The highest BCUT2D eigenvalue weighted by atomic mass is 32.2. The van der Waals surface area contributed by atoms with E-state index in [0.717, 1.165) is 41.7 Å². The summed E-state index contributed by atoms with van der Waals surface area (Å²) in [5.41, 5.74) is 10.3. The van der Waals surface area contributed by atoms with Crippen LogP contribution in [0.2, 0.25) is 0 Å². The normalized spacial score (nSPS) is 10.9. The first-order valence-electron chi connectivity index (χ1n) is 8.39. The summed E-state index contributed by atoms with van der Waals surface area (Å²) in [6.07, 6.45) is 1.00. The second-order valence-corrected chi connectivity index (χ2v) is 6.62. The van der Waals surface area contributed by atoms with Gasteiger partial charge in [-0.15, -0.1) is 0 Å². The highest BCUT2D eigenvalue weighted by molar-refractivity contribution is 7.99. The molecule has 0 saturated heterocycles. The summed E-state index contributed by atoms with van der Waals surface area (Å²) in [5, 5.41) is 1.07. The second-order valence-electron chi connectivity index (χ2n) is 5.56. The molecule has 0 spiro atoms. The summed E-state index contributed by atoms with van der Waals surface area (Å²) < 4.78 is 2.32. The van der Waals surface area contributed by atoms with Gasteiger partial charge in [0.25, 0.3) is 0 Å². The summed E-state index contributed by atoms with van der Waals surface area (Å²) in [6, 6.07) is 21.0. The topological polar surface area (TPSA) is 43.8 Å². The molecule has 0 aliphatic rings. The number of imidazole rings is 1. The van der Waals surface area contributed by atoms with E-state index in [4.69, 9.17) is 10.7 Å². The van der Waals surface area contributed by atoms with Gasteiger partial charge in [0.05, 0.1) is 11.4 Å². The number of nitrogens with zero attached hydrogens (tertiary/aromatic N) is 2. The summed E-state index contributed by atoms with van der Waals surface area (Å²) >= 11 is 1.79. The maximum atomic E-state index is 5.64. The fourth-order valence-electron chi connectivity index (χ4n) is 2.77. The molecular formula is C20H23N3S. The van der Waals surface area contributed by atoms with E-state index < -0.39 is 0 Å². The molecular weight excluding hydrogens is 314 g/mol. The minimum atomic E-state index is 0.719. The van der Waals surface area contributed by atoms with E-state index in [0.29, 0.717) is 0 Å². The van der Waals surface area contributed by atoms with Crippen molar-refractivity contribution in [2.45, 2.75) is 25.0 Å². The molecule has 0 bridgehead atoms. The van der Waals surface area contributed by atoms with Crippen LogP contribution in [0.3, 0.4) is 0 Å². The average Bonchev–Trinajstić information content (AvgIpc) is 3.02. The number of rotatable bonds is 7. The van der Waals surface area contributed by atoms with E-state index in [-0.39, 0.29) is 0 Å². The molecule has 2 aromatic carbocycles. The van der Waals surface area contributed by atoms with E-state index >= 15 is 0 Å². The number of nitrogens with two attached hydrogens (primary N) is 1. The highest BCUT2D eigenvalue weighted by Crippen LogP contribution is 2.35. The Hall–Kier alpha value is -2.04. The number of hydrogen-bond acceptors (Lipinski definition) is 3. The maximum absolute atomic E-state index is 5.64. The van der Waals surface area contributed by atoms with Crippen molar-refractivity contribution >= 4 is 11.8 Å². The van der Waals surface area contributed by atoms with Crippen LogP contribution in [0.4, 0.5) is 0 Å². The Bertz CT molecular complexity index is 766. The fourth-order valence-corrected chi connectivity index (χ4v) is 3.79. The second kappa shape index (κ2) is 8.18. The Balaban J connectivity index is 2.12. The minimum absolute atomic E-state index is 0.719. The van der Waals surface area contributed by atoms with Crippen molar-refractivity contribution in [3.63, 3.8) is 0 Å². The van der Waals surface area contributed by atoms with Crippen molar-refractivity contribution in [1.29, 1.82) is 0 Å². The van der Waals surface area contributed by atoms with Crippen LogP contribution >= 0.6 is 11.8 Å². The molecule has 0 saturated carbocycles. The molecule has 0 aliphatic carbocycles. The number of aromatic nitrogens is 2. The smallest absolute Gasteiger partial charge is 0.169 e. The SMILES string of the molecule is CCn1c(SCCCN)nc(-c2ccccc2)c1-c1ccccc1. The molecule has 0 amide bonds. The van der Waals surface area contributed by atoms with E-state index in [2.05, 4.69) is 66.1 Å². The van der Waals surface area contributed by atoms with Crippen LogP contribution in [0.15, 0.2) is 65.8 Å². The Morgan fingerprint density at radius 3 is 2.17 bits per heavy atom. The standard InChI is InChI=1S/C20H23N3S/c1-2-23-19(17-12-7-4-8-13-17)18(16-10-5-3-6-11-16)22-20(23)24-15-9-14-21/h3-8,10-13H,2,9,14-15,21H2,1H3. The van der Waals surface area contributed by atoms with Crippen LogP contribution in [0, 0.1) is 0 Å². The number of thioether (sulfide) groups is 1. The van der Waals surface area contributed by atoms with Gasteiger partial charge < -0.3 is 10.3 Å². The lowest BCUT2D eigenvalue weighted by Gasteiger charge is -2.10. The van der Waals surface area contributed by atoms with Crippen molar-refractivity contribution in [2.24, 2.45) is 5.73 Å². The summed E-state index contributed by atoms with van der Waals surface area (Å²) in [7, 11) is 0. The Kier molecular flexibility index (Phi) is 5.72. The molecule has 0 unspecified atom stereocenters. The molecule has 0 atom stereocenters. The van der Waals surface area contributed by atoms with Crippen LogP contribution in [0.25, 0.3) is 22.5 Å². The maximum Gasteiger partial charge on any atom is 0.169 e. The zero-order valence-electron chi connectivity index (χ0n) is 14.0. The molecule has 3 aromatic rings. The van der Waals surface area contributed by atoms with Gasteiger partial charge in [0.15, 0.2) is 5.16 Å². The van der Waals surface area contributed by atoms with Gasteiger partial charge in [-0.05, 0) is 19.9 Å². The zero-order valence-corrected chi connectivity index (χ0v) is 14.8. The van der Waals surface area contributed by atoms with Crippen molar-refractivity contribution < 1.29 is 0 Å². The lowest BCUT2D eigenvalue weighted by molar-refractivity contribution is 0.687. The van der Waals surface area contributed by atoms with Gasteiger partial charge in [-0.1, -0.05) is 72.4 Å². The highest BCUT2D eigenvalue weighted by Gasteiger charge is 2.19. The summed E-state index contributed by atoms with van der Waals surface area (Å²) in [4.78, 5) is 4.98. The van der Waals surface area contributed by atoms with Crippen molar-refractivity contribution in [3.05, 3.63) is 60.7 Å². The monoisotopic (exact) mass is 337 g/mol. The average molecular weight is 337 g/mol. The van der Waals surface area contributed by atoms with Gasteiger partial charge in [0.2, 0.25) is 0 Å². The van der Waals surface area contributed by atoms with Gasteiger partial charge in [-0.25, -0.2) is 4.98 Å². The van der Waals surface area contributed by atoms with E-state index in [1.165, 1.54) is 11.3 Å². The van der Waals surface area contributed by atoms with Crippen molar-refractivity contribution in [1.82, 2.24) is 9.55 Å². The first kappa shape index (κ1) is 16.8. The molecule has 0 aliphatic heterocycles. The third kappa shape index (κ3) is 3.55. The summed E-state index contributed by atoms with van der Waals surface area (Å²) in [5.74, 6) is 0.996. The molecule has 4 heteroatoms. The third-order valence-electron chi connectivity index (χ3n) is 3.92. The number of hydrogen-bond donors (Lipinski definition) is 1. The predicted octanol–water partition coefficient (Wildman–Crippen LogP) is 4.68. The molecule has 0 radical (unpaired) electrons. The van der Waals surface area contributed by atoms with Crippen LogP contribution < -0.4 is 5.73 Å². The molecule has 124 valence electrons.